The number of aromatic amines is 1. The lowest BCUT2D eigenvalue weighted by atomic mass is 10.2. The van der Waals surface area contributed by atoms with Crippen molar-refractivity contribution in [2.24, 2.45) is 0 Å². The molecule has 1 heterocycles. The number of nitrogens with zero attached hydrogens (tertiary/aromatic N) is 1. The lowest BCUT2D eigenvalue weighted by Crippen LogP contribution is -1.95. The van der Waals surface area contributed by atoms with Gasteiger partial charge in [0.1, 0.15) is 11.5 Å². The highest BCUT2D eigenvalue weighted by Gasteiger charge is 2.10. The van der Waals surface area contributed by atoms with Crippen LogP contribution in [0.4, 0.5) is 0 Å². The Labute approximate surface area is 131 Å². The first kappa shape index (κ1) is 14.0. The van der Waals surface area contributed by atoms with Crippen molar-refractivity contribution >= 4 is 34.9 Å². The van der Waals surface area contributed by atoms with Gasteiger partial charge in [-0.1, -0.05) is 11.6 Å². The molecule has 3 rings (SSSR count). The molecule has 3 aromatic rings. The highest BCUT2D eigenvalue weighted by Crippen LogP contribution is 2.29. The Morgan fingerprint density at radius 3 is 2.57 bits per heavy atom. The Morgan fingerprint density at radius 2 is 1.90 bits per heavy atom. The molecule has 0 saturated carbocycles. The number of benzene rings is 2. The third-order valence-corrected chi connectivity index (χ3v) is 3.86. The maximum atomic E-state index is 6.20. The number of rotatable bonds is 3. The van der Waals surface area contributed by atoms with E-state index in [9.17, 15) is 0 Å². The molecule has 0 unspecified atom stereocenters. The first-order valence-electron chi connectivity index (χ1n) is 6.26. The van der Waals surface area contributed by atoms with Gasteiger partial charge >= 0.3 is 0 Å². The van der Waals surface area contributed by atoms with Crippen molar-refractivity contribution in [3.05, 3.63) is 46.2 Å². The zero-order valence-corrected chi connectivity index (χ0v) is 13.1. The third kappa shape index (κ3) is 2.39. The van der Waals surface area contributed by atoms with E-state index in [1.165, 1.54) is 0 Å². The van der Waals surface area contributed by atoms with E-state index in [1.807, 2.05) is 41.0 Å². The summed E-state index contributed by atoms with van der Waals surface area (Å²) < 4.78 is 13.0. The fraction of sp³-hybridized carbons (Fsp3) is 0.133. The fourth-order valence-electron chi connectivity index (χ4n) is 2.26. The highest BCUT2D eigenvalue weighted by molar-refractivity contribution is 7.71. The minimum Gasteiger partial charge on any atom is -0.497 e. The number of hydrogen-bond acceptors (Lipinski definition) is 3. The van der Waals surface area contributed by atoms with Gasteiger partial charge in [0.2, 0.25) is 0 Å². The van der Waals surface area contributed by atoms with Crippen LogP contribution in [0.25, 0.3) is 16.7 Å². The second-order valence-electron chi connectivity index (χ2n) is 4.47. The van der Waals surface area contributed by atoms with E-state index in [0.717, 1.165) is 22.5 Å². The molecule has 6 heteroatoms. The van der Waals surface area contributed by atoms with E-state index in [4.69, 9.17) is 33.3 Å². The van der Waals surface area contributed by atoms with Gasteiger partial charge in [0.25, 0.3) is 0 Å². The SMILES string of the molecule is COc1ccc2[nH]c(=S)n(-c3ccc(OC)c(Cl)c3)c2c1. The van der Waals surface area contributed by atoms with Gasteiger partial charge in [0.05, 0.1) is 36.0 Å². The first-order valence-corrected chi connectivity index (χ1v) is 7.05. The molecule has 0 spiro atoms. The molecule has 1 N–H and O–H groups in total. The summed E-state index contributed by atoms with van der Waals surface area (Å²) in [5.41, 5.74) is 2.73. The van der Waals surface area contributed by atoms with E-state index in [1.54, 1.807) is 14.2 Å². The van der Waals surface area contributed by atoms with Gasteiger partial charge in [-0.3, -0.25) is 4.57 Å². The molecule has 0 fully saturated rings. The maximum Gasteiger partial charge on any atom is 0.182 e. The smallest absolute Gasteiger partial charge is 0.182 e. The molecule has 1 aromatic heterocycles. The minimum atomic E-state index is 0.536. The molecular weight excluding hydrogens is 308 g/mol. The molecule has 0 aliphatic carbocycles. The van der Waals surface area contributed by atoms with Gasteiger partial charge in [0.15, 0.2) is 4.77 Å². The summed E-state index contributed by atoms with van der Waals surface area (Å²) in [5.74, 6) is 1.40. The molecule has 4 nitrogen and oxygen atoms in total. The van der Waals surface area contributed by atoms with Crippen molar-refractivity contribution in [3.63, 3.8) is 0 Å². The third-order valence-electron chi connectivity index (χ3n) is 3.28. The molecule has 0 atom stereocenters. The lowest BCUT2D eigenvalue weighted by molar-refractivity contribution is 0.415. The molecule has 0 aliphatic heterocycles. The number of nitrogens with one attached hydrogen (secondary N) is 1. The molecule has 108 valence electrons. The molecular formula is C15H13ClN2O2S. The van der Waals surface area contributed by atoms with Crippen molar-refractivity contribution in [2.45, 2.75) is 0 Å². The quantitative estimate of drug-likeness (QED) is 0.729. The van der Waals surface area contributed by atoms with Gasteiger partial charge in [-0.2, -0.15) is 0 Å². The number of halogens is 1. The van der Waals surface area contributed by atoms with E-state index in [-0.39, 0.29) is 0 Å². The topological polar surface area (TPSA) is 39.2 Å². The average molecular weight is 321 g/mol. The summed E-state index contributed by atoms with van der Waals surface area (Å²) >= 11 is 11.6. The summed E-state index contributed by atoms with van der Waals surface area (Å²) in [6, 6.07) is 11.3. The lowest BCUT2D eigenvalue weighted by Gasteiger charge is -2.08. The summed E-state index contributed by atoms with van der Waals surface area (Å²) in [7, 11) is 3.22. The molecule has 0 aliphatic rings. The van der Waals surface area contributed by atoms with Crippen molar-refractivity contribution in [3.8, 4) is 17.2 Å². The number of imidazole rings is 1. The van der Waals surface area contributed by atoms with Crippen LogP contribution < -0.4 is 9.47 Å². The van der Waals surface area contributed by atoms with Crippen LogP contribution in [0.3, 0.4) is 0 Å². The van der Waals surface area contributed by atoms with Crippen LogP contribution in [0.2, 0.25) is 5.02 Å². The zero-order valence-electron chi connectivity index (χ0n) is 11.5. The zero-order chi connectivity index (χ0) is 15.0. The number of methoxy groups -OCH3 is 2. The Morgan fingerprint density at radius 1 is 1.10 bits per heavy atom. The monoisotopic (exact) mass is 320 g/mol. The van der Waals surface area contributed by atoms with Crippen LogP contribution in [0, 0.1) is 4.77 Å². The Balaban J connectivity index is 2.26. The Bertz CT molecular complexity index is 870. The van der Waals surface area contributed by atoms with E-state index < -0.39 is 0 Å². The van der Waals surface area contributed by atoms with E-state index in [2.05, 4.69) is 4.98 Å². The predicted octanol–water partition coefficient (Wildman–Crippen LogP) is 4.36. The van der Waals surface area contributed by atoms with Crippen LogP contribution in [0.5, 0.6) is 11.5 Å². The second kappa shape index (κ2) is 5.42. The highest BCUT2D eigenvalue weighted by atomic mass is 35.5. The van der Waals surface area contributed by atoms with Crippen LogP contribution >= 0.6 is 23.8 Å². The van der Waals surface area contributed by atoms with E-state index >= 15 is 0 Å². The number of hydrogen-bond donors (Lipinski definition) is 1. The second-order valence-corrected chi connectivity index (χ2v) is 5.26. The van der Waals surface area contributed by atoms with E-state index in [0.29, 0.717) is 15.5 Å². The average Bonchev–Trinajstić information content (AvgIpc) is 2.81. The van der Waals surface area contributed by atoms with Gasteiger partial charge in [-0.25, -0.2) is 0 Å². The summed E-state index contributed by atoms with van der Waals surface area (Å²) in [5, 5.41) is 0.536. The van der Waals surface area contributed by atoms with Crippen LogP contribution in [0.15, 0.2) is 36.4 Å². The first-order chi connectivity index (χ1) is 10.1. The fourth-order valence-corrected chi connectivity index (χ4v) is 2.83. The standard InChI is InChI=1S/C15H13ClN2O2S/c1-19-10-4-5-12-13(8-10)18(15(21)17-12)9-3-6-14(20-2)11(16)7-9/h3-8H,1-2H3,(H,17,21). The van der Waals surface area contributed by atoms with Crippen molar-refractivity contribution in [1.82, 2.24) is 9.55 Å². The Kier molecular flexibility index (Phi) is 3.61. The molecule has 0 radical (unpaired) electrons. The van der Waals surface area contributed by atoms with Crippen LogP contribution in [-0.4, -0.2) is 23.8 Å². The molecule has 2 aromatic carbocycles. The van der Waals surface area contributed by atoms with Crippen molar-refractivity contribution in [1.29, 1.82) is 0 Å². The molecule has 0 bridgehead atoms. The number of ether oxygens (including phenoxy) is 2. The largest absolute Gasteiger partial charge is 0.497 e. The molecule has 0 saturated heterocycles. The van der Waals surface area contributed by atoms with Gasteiger partial charge in [0, 0.05) is 6.07 Å². The normalized spacial score (nSPS) is 10.8. The number of H-pyrrole nitrogens is 1. The van der Waals surface area contributed by atoms with Crippen molar-refractivity contribution < 1.29 is 9.47 Å². The van der Waals surface area contributed by atoms with Gasteiger partial charge in [-0.05, 0) is 42.5 Å². The Hall–Kier alpha value is -1.98. The minimum absolute atomic E-state index is 0.536. The summed E-state index contributed by atoms with van der Waals surface area (Å²) in [4.78, 5) is 3.17. The summed E-state index contributed by atoms with van der Waals surface area (Å²) in [6.07, 6.45) is 0. The molecule has 0 amide bonds. The number of aromatic nitrogens is 2. The van der Waals surface area contributed by atoms with Gasteiger partial charge < -0.3 is 14.5 Å². The van der Waals surface area contributed by atoms with Crippen molar-refractivity contribution in [2.75, 3.05) is 14.2 Å². The van der Waals surface area contributed by atoms with Crippen LogP contribution in [-0.2, 0) is 0 Å². The predicted molar refractivity (Wildman–Crippen MR) is 86.6 cm³/mol. The maximum absolute atomic E-state index is 6.20. The van der Waals surface area contributed by atoms with Gasteiger partial charge in [-0.15, -0.1) is 0 Å². The summed E-state index contributed by atoms with van der Waals surface area (Å²) in [6.45, 7) is 0. The number of fused-ring (bicyclic) bond motifs is 1. The van der Waals surface area contributed by atoms with Crippen LogP contribution in [0.1, 0.15) is 0 Å². The molecule has 21 heavy (non-hydrogen) atoms.